The molecule has 7 nitrogen and oxygen atoms in total. The summed E-state index contributed by atoms with van der Waals surface area (Å²) >= 11 is 0. The van der Waals surface area contributed by atoms with E-state index in [0.29, 0.717) is 40.1 Å². The molecule has 1 aliphatic carbocycles. The molecule has 47 heavy (non-hydrogen) atoms. The fourth-order valence-electron chi connectivity index (χ4n) is 6.47. The van der Waals surface area contributed by atoms with E-state index in [-0.39, 0.29) is 33.3 Å². The van der Waals surface area contributed by atoms with Crippen molar-refractivity contribution in [3.05, 3.63) is 112 Å². The van der Waals surface area contributed by atoms with Crippen LogP contribution in [0.2, 0.25) is 0 Å². The summed E-state index contributed by atoms with van der Waals surface area (Å²) in [7, 11) is 0. The van der Waals surface area contributed by atoms with E-state index in [1.54, 1.807) is 24.3 Å². The normalized spacial score (nSPS) is 15.0. The SMILES string of the molecule is CC(C)(C)c1cc(CCCOc2cccc3ccc(C4C(=O)c5cc6cccc(C(=O)O)c6cc5C4=O)nc23)cc(C(C)(C)C)c1O. The zero-order valence-corrected chi connectivity index (χ0v) is 27.6. The van der Waals surface area contributed by atoms with Gasteiger partial charge in [0, 0.05) is 16.5 Å². The number of carboxylic acids is 1. The van der Waals surface area contributed by atoms with E-state index in [1.165, 1.54) is 12.1 Å². The van der Waals surface area contributed by atoms with E-state index < -0.39 is 17.7 Å². The quantitative estimate of drug-likeness (QED) is 0.137. The van der Waals surface area contributed by atoms with Gasteiger partial charge in [-0.25, -0.2) is 9.78 Å². The highest BCUT2D eigenvalue weighted by Crippen LogP contribution is 2.41. The Hall–Kier alpha value is -5.04. The summed E-state index contributed by atoms with van der Waals surface area (Å²) in [5, 5.41) is 22.5. The molecule has 0 bridgehead atoms. The van der Waals surface area contributed by atoms with Crippen LogP contribution < -0.4 is 4.74 Å². The molecular formula is C40H39NO6. The number of aryl methyl sites for hydroxylation is 1. The molecule has 1 aliphatic rings. The number of aromatic carboxylic acids is 1. The molecule has 0 saturated heterocycles. The summed E-state index contributed by atoms with van der Waals surface area (Å²) in [6.45, 7) is 13.0. The standard InChI is InChI=1S/C40H39NO6/c1-39(2,3)29-18-22(19-30(37(29)44)40(4,5)6)10-9-17-47-32-14-8-11-23-15-16-31(41-34(23)32)33-35(42)27-20-24-12-7-13-25(38(45)46)26(24)21-28(27)36(33)43/h7-8,11-16,18-21,33,44H,9-10,17H2,1-6H3,(H,45,46). The van der Waals surface area contributed by atoms with Gasteiger partial charge in [0.15, 0.2) is 11.6 Å². The van der Waals surface area contributed by atoms with Gasteiger partial charge in [-0.3, -0.25) is 9.59 Å². The summed E-state index contributed by atoms with van der Waals surface area (Å²) in [6, 6.07) is 21.3. The second kappa shape index (κ2) is 11.6. The molecule has 5 aromatic rings. The van der Waals surface area contributed by atoms with Crippen LogP contribution in [0.15, 0.2) is 72.8 Å². The molecule has 0 spiro atoms. The van der Waals surface area contributed by atoms with E-state index in [2.05, 4.69) is 53.7 Å². The van der Waals surface area contributed by atoms with E-state index in [4.69, 9.17) is 9.72 Å². The number of aromatic nitrogens is 1. The molecule has 6 rings (SSSR count). The molecule has 1 unspecified atom stereocenters. The number of rotatable bonds is 7. The Morgan fingerprint density at radius 3 is 2.06 bits per heavy atom. The fourth-order valence-corrected chi connectivity index (χ4v) is 6.47. The number of fused-ring (bicyclic) bond motifs is 3. The predicted molar refractivity (Wildman–Crippen MR) is 183 cm³/mol. The Bertz CT molecular complexity index is 2060. The summed E-state index contributed by atoms with van der Waals surface area (Å²) in [6.07, 6.45) is 1.49. The molecule has 0 fully saturated rings. The van der Waals surface area contributed by atoms with Crippen LogP contribution in [0.4, 0.5) is 0 Å². The maximum Gasteiger partial charge on any atom is 0.336 e. The van der Waals surface area contributed by atoms with Crippen molar-refractivity contribution < 1.29 is 29.3 Å². The van der Waals surface area contributed by atoms with Gasteiger partial charge in [0.05, 0.1) is 17.9 Å². The number of hydrogen-bond donors (Lipinski definition) is 2. The first-order valence-electron chi connectivity index (χ1n) is 15.9. The number of hydrogen-bond acceptors (Lipinski definition) is 6. The van der Waals surface area contributed by atoms with Crippen molar-refractivity contribution in [1.82, 2.24) is 4.98 Å². The third-order valence-electron chi connectivity index (χ3n) is 8.96. The number of nitrogens with zero attached hydrogens (tertiary/aromatic N) is 1. The van der Waals surface area contributed by atoms with Crippen LogP contribution in [0.25, 0.3) is 21.7 Å². The van der Waals surface area contributed by atoms with Crippen molar-refractivity contribution in [2.45, 2.75) is 71.1 Å². The lowest BCUT2D eigenvalue weighted by Crippen LogP contribution is -2.18. The van der Waals surface area contributed by atoms with Crippen molar-refractivity contribution in [2.75, 3.05) is 6.61 Å². The molecule has 4 aromatic carbocycles. The van der Waals surface area contributed by atoms with Crippen LogP contribution in [0.1, 0.15) is 107 Å². The highest BCUT2D eigenvalue weighted by Gasteiger charge is 2.41. The van der Waals surface area contributed by atoms with E-state index in [0.717, 1.165) is 34.9 Å². The smallest absolute Gasteiger partial charge is 0.336 e. The molecule has 0 radical (unpaired) electrons. The van der Waals surface area contributed by atoms with Crippen molar-refractivity contribution in [3.8, 4) is 11.5 Å². The summed E-state index contributed by atoms with van der Waals surface area (Å²) in [5.41, 5.74) is 4.05. The first-order chi connectivity index (χ1) is 22.1. The number of pyridine rings is 1. The topological polar surface area (TPSA) is 114 Å². The van der Waals surface area contributed by atoms with Gasteiger partial charge in [-0.15, -0.1) is 0 Å². The van der Waals surface area contributed by atoms with E-state index in [9.17, 15) is 24.6 Å². The lowest BCUT2D eigenvalue weighted by atomic mass is 9.78. The maximum atomic E-state index is 13.6. The summed E-state index contributed by atoms with van der Waals surface area (Å²) in [5.74, 6) is -2.03. The highest BCUT2D eigenvalue weighted by atomic mass is 16.5. The second-order valence-corrected chi connectivity index (χ2v) is 14.4. The molecule has 1 aromatic heterocycles. The number of Topliss-reactive ketones (excluding diaryl/α,β-unsaturated/α-hetero) is 2. The zero-order valence-electron chi connectivity index (χ0n) is 27.6. The van der Waals surface area contributed by atoms with Gasteiger partial charge in [-0.1, -0.05) is 84.0 Å². The van der Waals surface area contributed by atoms with Gasteiger partial charge in [0.25, 0.3) is 0 Å². The first-order valence-corrected chi connectivity index (χ1v) is 15.9. The highest BCUT2D eigenvalue weighted by molar-refractivity contribution is 6.31. The maximum absolute atomic E-state index is 13.6. The second-order valence-electron chi connectivity index (χ2n) is 14.4. The number of benzene rings is 4. The largest absolute Gasteiger partial charge is 0.507 e. The molecule has 2 N–H and O–H groups in total. The number of phenolic OH excluding ortho intramolecular Hbond substituents is 1. The third-order valence-corrected chi connectivity index (χ3v) is 8.96. The van der Waals surface area contributed by atoms with Crippen molar-refractivity contribution in [3.63, 3.8) is 0 Å². The summed E-state index contributed by atoms with van der Waals surface area (Å²) in [4.78, 5) is 43.8. The fraction of sp³-hybridized carbons (Fsp3) is 0.300. The number of carbonyl (C=O) groups is 3. The van der Waals surface area contributed by atoms with Gasteiger partial charge in [0.2, 0.25) is 0 Å². The first kappa shape index (κ1) is 31.9. The van der Waals surface area contributed by atoms with Crippen LogP contribution in [0.5, 0.6) is 11.5 Å². The molecule has 1 atom stereocenters. The number of ketones is 2. The molecule has 0 amide bonds. The molecule has 7 heteroatoms. The van der Waals surface area contributed by atoms with Crippen LogP contribution in [-0.4, -0.2) is 39.3 Å². The van der Waals surface area contributed by atoms with Crippen LogP contribution >= 0.6 is 0 Å². The third kappa shape index (κ3) is 5.86. The molecule has 1 heterocycles. The van der Waals surface area contributed by atoms with Crippen molar-refractivity contribution >= 4 is 39.2 Å². The number of carboxylic acid groups (broad SMARTS) is 1. The average Bonchev–Trinajstić information content (AvgIpc) is 3.25. The Labute approximate surface area is 274 Å². The van der Waals surface area contributed by atoms with Gasteiger partial charge >= 0.3 is 5.97 Å². The lowest BCUT2D eigenvalue weighted by molar-refractivity contribution is 0.0698. The summed E-state index contributed by atoms with van der Waals surface area (Å²) < 4.78 is 6.24. The number of phenols is 1. The minimum absolute atomic E-state index is 0.0781. The molecule has 240 valence electrons. The predicted octanol–water partition coefficient (Wildman–Crippen LogP) is 8.56. The van der Waals surface area contributed by atoms with E-state index in [1.807, 2.05) is 24.3 Å². The monoisotopic (exact) mass is 629 g/mol. The number of para-hydroxylation sites is 1. The molecule has 0 aliphatic heterocycles. The van der Waals surface area contributed by atoms with Gasteiger partial charge in [-0.2, -0.15) is 0 Å². The Kier molecular flexibility index (Phi) is 7.91. The van der Waals surface area contributed by atoms with Crippen LogP contribution in [0.3, 0.4) is 0 Å². The molecule has 0 saturated carbocycles. The minimum Gasteiger partial charge on any atom is -0.507 e. The van der Waals surface area contributed by atoms with Crippen LogP contribution in [0, 0.1) is 0 Å². The molecular weight excluding hydrogens is 590 g/mol. The number of aromatic hydroxyl groups is 1. The average molecular weight is 630 g/mol. The van der Waals surface area contributed by atoms with Gasteiger partial charge in [0.1, 0.15) is 22.9 Å². The van der Waals surface area contributed by atoms with Crippen molar-refractivity contribution in [1.29, 1.82) is 0 Å². The lowest BCUT2D eigenvalue weighted by Gasteiger charge is -2.28. The van der Waals surface area contributed by atoms with Crippen LogP contribution in [-0.2, 0) is 17.3 Å². The minimum atomic E-state index is -1.11. The van der Waals surface area contributed by atoms with Crippen molar-refractivity contribution in [2.24, 2.45) is 0 Å². The van der Waals surface area contributed by atoms with Gasteiger partial charge in [-0.05, 0) is 81.5 Å². The number of carbonyl (C=O) groups excluding carboxylic acids is 2. The Morgan fingerprint density at radius 1 is 0.809 bits per heavy atom. The zero-order chi connectivity index (χ0) is 33.8. The van der Waals surface area contributed by atoms with E-state index >= 15 is 0 Å². The van der Waals surface area contributed by atoms with Gasteiger partial charge < -0.3 is 14.9 Å². The number of ether oxygens (including phenoxy) is 1. The Morgan fingerprint density at radius 2 is 1.43 bits per heavy atom. The Balaban J connectivity index is 1.24.